The highest BCUT2D eigenvalue weighted by Gasteiger charge is 2.34. The number of urea groups is 2. The summed E-state index contributed by atoms with van der Waals surface area (Å²) in [6.45, 7) is 3.88. The Morgan fingerprint density at radius 3 is 2.74 bits per heavy atom. The van der Waals surface area contributed by atoms with Crippen LogP contribution in [0.5, 0.6) is 0 Å². The van der Waals surface area contributed by atoms with Crippen LogP contribution in [0.2, 0.25) is 0 Å². The first kappa shape index (κ1) is 18.4. The number of aromatic amines is 1. The molecule has 0 aliphatic carbocycles. The summed E-state index contributed by atoms with van der Waals surface area (Å²) in [6.07, 6.45) is 2.38. The van der Waals surface area contributed by atoms with Crippen LogP contribution in [0.25, 0.3) is 0 Å². The molecule has 0 spiro atoms. The number of H-pyrrole nitrogens is 1. The number of benzene rings is 1. The Morgan fingerprint density at radius 2 is 2.15 bits per heavy atom. The summed E-state index contributed by atoms with van der Waals surface area (Å²) in [5.41, 5.74) is 1.81. The van der Waals surface area contributed by atoms with Gasteiger partial charge in [-0.3, -0.25) is 4.79 Å². The Labute approximate surface area is 156 Å². The predicted octanol–water partition coefficient (Wildman–Crippen LogP) is 2.39. The number of likely N-dealkylation sites (N-methyl/N-ethyl adjacent to an activating group) is 1. The molecule has 9 nitrogen and oxygen atoms in total. The summed E-state index contributed by atoms with van der Waals surface area (Å²) in [7, 11) is 1.57. The Bertz CT molecular complexity index is 877. The lowest BCUT2D eigenvalue weighted by molar-refractivity contribution is -0.116. The van der Waals surface area contributed by atoms with Gasteiger partial charge in [-0.25, -0.2) is 19.5 Å². The summed E-state index contributed by atoms with van der Waals surface area (Å²) in [5.74, 6) is 0.388. The number of rotatable bonds is 5. The average Bonchev–Trinajstić information content (AvgIpc) is 3.16. The van der Waals surface area contributed by atoms with Gasteiger partial charge in [-0.2, -0.15) is 0 Å². The van der Waals surface area contributed by atoms with Gasteiger partial charge < -0.3 is 20.5 Å². The number of aromatic nitrogens is 2. The van der Waals surface area contributed by atoms with Crippen molar-refractivity contribution in [2.24, 2.45) is 0 Å². The van der Waals surface area contributed by atoms with Crippen LogP contribution in [0.1, 0.15) is 30.9 Å². The minimum Gasteiger partial charge on any atom is -0.344 e. The molecule has 27 heavy (non-hydrogen) atoms. The Kier molecular flexibility index (Phi) is 5.11. The molecule has 3 N–H and O–H groups in total. The number of amides is 5. The Morgan fingerprint density at radius 1 is 1.37 bits per heavy atom. The van der Waals surface area contributed by atoms with Crippen LogP contribution in [0.3, 0.4) is 0 Å². The molecule has 1 atom stereocenters. The van der Waals surface area contributed by atoms with Crippen molar-refractivity contribution in [3.63, 3.8) is 0 Å². The molecular weight excluding hydrogens is 348 g/mol. The molecule has 9 heteroatoms. The molecule has 5 amide bonds. The molecule has 1 aliphatic rings. The van der Waals surface area contributed by atoms with E-state index in [4.69, 9.17) is 0 Å². The lowest BCUT2D eigenvalue weighted by Gasteiger charge is -2.17. The van der Waals surface area contributed by atoms with Crippen molar-refractivity contribution in [1.29, 1.82) is 0 Å². The van der Waals surface area contributed by atoms with Crippen molar-refractivity contribution >= 4 is 29.3 Å². The number of anilines is 2. The van der Waals surface area contributed by atoms with Gasteiger partial charge in [0.2, 0.25) is 0 Å². The van der Waals surface area contributed by atoms with Crippen molar-refractivity contribution in [1.82, 2.24) is 20.2 Å². The van der Waals surface area contributed by atoms with E-state index in [2.05, 4.69) is 20.6 Å². The van der Waals surface area contributed by atoms with Gasteiger partial charge in [-0.1, -0.05) is 13.0 Å². The minimum absolute atomic E-state index is 0.0394. The summed E-state index contributed by atoms with van der Waals surface area (Å²) < 4.78 is 0. The van der Waals surface area contributed by atoms with Gasteiger partial charge in [-0.15, -0.1) is 0 Å². The summed E-state index contributed by atoms with van der Waals surface area (Å²) in [5, 5.41) is 5.59. The quantitative estimate of drug-likeness (QED) is 0.702. The molecule has 1 fully saturated rings. The Hall–Kier alpha value is -3.36. The zero-order valence-electron chi connectivity index (χ0n) is 15.4. The third-order valence-electron chi connectivity index (χ3n) is 4.27. The van der Waals surface area contributed by atoms with E-state index in [0.29, 0.717) is 23.6 Å². The zero-order valence-corrected chi connectivity index (χ0v) is 15.4. The molecule has 0 saturated carbocycles. The van der Waals surface area contributed by atoms with E-state index >= 15 is 0 Å². The van der Waals surface area contributed by atoms with Crippen LogP contribution in [0.4, 0.5) is 21.0 Å². The molecule has 0 radical (unpaired) electrons. The number of nitrogens with one attached hydrogen (secondary N) is 3. The van der Waals surface area contributed by atoms with E-state index in [0.717, 1.165) is 10.6 Å². The van der Waals surface area contributed by atoms with Crippen LogP contribution in [0.15, 0.2) is 30.5 Å². The van der Waals surface area contributed by atoms with E-state index in [-0.39, 0.29) is 24.5 Å². The number of hydrogen-bond donors (Lipinski definition) is 3. The molecule has 1 aromatic heterocycles. The highest BCUT2D eigenvalue weighted by atomic mass is 16.2. The van der Waals surface area contributed by atoms with Crippen molar-refractivity contribution in [3.05, 3.63) is 42.0 Å². The molecule has 142 valence electrons. The smallest absolute Gasteiger partial charge is 0.331 e. The predicted molar refractivity (Wildman–Crippen MR) is 100 cm³/mol. The zero-order chi connectivity index (χ0) is 19.6. The number of hydrogen-bond acceptors (Lipinski definition) is 4. The standard InChI is InChI=1S/C18H22N6O3/c1-4-14(16-19-9-11(2)20-16)22-17(26)21-12-6-5-7-13(8-12)24-15(25)10-23(3)18(24)27/h5-9,14H,4,10H2,1-3H3,(H,19,20)(H2,21,22,26). The fourth-order valence-corrected chi connectivity index (χ4v) is 2.90. The number of carbonyl (C=O) groups excluding carboxylic acids is 3. The SMILES string of the molecule is CCC(NC(=O)Nc1cccc(N2C(=O)CN(C)C2=O)c1)c1ncc(C)[nH]1. The number of imide groups is 1. The maximum atomic E-state index is 12.4. The molecule has 2 aromatic rings. The average molecular weight is 370 g/mol. The van der Waals surface area contributed by atoms with Gasteiger partial charge in [0.25, 0.3) is 5.91 Å². The number of aryl methyl sites for hydroxylation is 1. The van der Waals surface area contributed by atoms with Crippen LogP contribution >= 0.6 is 0 Å². The first-order chi connectivity index (χ1) is 12.9. The van der Waals surface area contributed by atoms with Gasteiger partial charge in [-0.05, 0) is 31.5 Å². The lowest BCUT2D eigenvalue weighted by atomic mass is 10.2. The van der Waals surface area contributed by atoms with Crippen molar-refractivity contribution < 1.29 is 14.4 Å². The van der Waals surface area contributed by atoms with E-state index in [1.54, 1.807) is 37.5 Å². The molecule has 3 rings (SSSR count). The van der Waals surface area contributed by atoms with Crippen LogP contribution in [-0.2, 0) is 4.79 Å². The second kappa shape index (κ2) is 7.48. The van der Waals surface area contributed by atoms with E-state index in [1.165, 1.54) is 4.90 Å². The first-order valence-corrected chi connectivity index (χ1v) is 8.66. The van der Waals surface area contributed by atoms with Crippen LogP contribution in [0, 0.1) is 6.92 Å². The summed E-state index contributed by atoms with van der Waals surface area (Å²) in [4.78, 5) is 46.3. The highest BCUT2D eigenvalue weighted by molar-refractivity contribution is 6.19. The monoisotopic (exact) mass is 370 g/mol. The number of nitrogens with zero attached hydrogens (tertiary/aromatic N) is 3. The number of imidazole rings is 1. The maximum absolute atomic E-state index is 12.4. The molecule has 1 unspecified atom stereocenters. The second-order valence-electron chi connectivity index (χ2n) is 6.43. The maximum Gasteiger partial charge on any atom is 0.331 e. The van der Waals surface area contributed by atoms with Gasteiger partial charge in [0.1, 0.15) is 12.4 Å². The van der Waals surface area contributed by atoms with Gasteiger partial charge in [0.05, 0.1) is 11.7 Å². The van der Waals surface area contributed by atoms with Crippen molar-refractivity contribution in [2.75, 3.05) is 23.8 Å². The number of carbonyl (C=O) groups is 3. The fraction of sp³-hybridized carbons (Fsp3) is 0.333. The fourth-order valence-electron chi connectivity index (χ4n) is 2.90. The summed E-state index contributed by atoms with van der Waals surface area (Å²) >= 11 is 0. The molecular formula is C18H22N6O3. The molecule has 1 saturated heterocycles. The molecule has 0 bridgehead atoms. The van der Waals surface area contributed by atoms with Crippen molar-refractivity contribution in [3.8, 4) is 0 Å². The van der Waals surface area contributed by atoms with Gasteiger partial charge >= 0.3 is 12.1 Å². The van der Waals surface area contributed by atoms with Crippen LogP contribution in [-0.4, -0.2) is 46.4 Å². The lowest BCUT2D eigenvalue weighted by Crippen LogP contribution is -2.33. The topological polar surface area (TPSA) is 110 Å². The van der Waals surface area contributed by atoms with E-state index in [9.17, 15) is 14.4 Å². The van der Waals surface area contributed by atoms with Crippen molar-refractivity contribution in [2.45, 2.75) is 26.3 Å². The van der Waals surface area contributed by atoms with Crippen LogP contribution < -0.4 is 15.5 Å². The third-order valence-corrected chi connectivity index (χ3v) is 4.27. The van der Waals surface area contributed by atoms with E-state index in [1.807, 2.05) is 13.8 Å². The first-order valence-electron chi connectivity index (χ1n) is 8.66. The highest BCUT2D eigenvalue weighted by Crippen LogP contribution is 2.24. The molecule has 1 aliphatic heterocycles. The van der Waals surface area contributed by atoms with E-state index < -0.39 is 6.03 Å². The van der Waals surface area contributed by atoms with Gasteiger partial charge in [0, 0.05) is 24.6 Å². The van der Waals surface area contributed by atoms with Gasteiger partial charge in [0.15, 0.2) is 0 Å². The largest absolute Gasteiger partial charge is 0.344 e. The molecule has 1 aromatic carbocycles. The third kappa shape index (κ3) is 3.91. The summed E-state index contributed by atoms with van der Waals surface area (Å²) in [6, 6.07) is 5.57. The minimum atomic E-state index is -0.399. The normalized spacial score (nSPS) is 15.2. The molecule has 2 heterocycles. The Balaban J connectivity index is 1.70. The second-order valence-corrected chi connectivity index (χ2v) is 6.43.